The standard InChI is InChI=1S/C13H17FN2O3/c1-8(2)11(12(17)19-3)16-13(18)15-10-6-4-9(14)5-7-10/h4-8,11H,1-3H3,(H2,15,16,18)/t11-/m0/s1. The van der Waals surface area contributed by atoms with Gasteiger partial charge < -0.3 is 15.4 Å². The number of urea groups is 1. The number of hydrogen-bond donors (Lipinski definition) is 2. The average molecular weight is 268 g/mol. The Morgan fingerprint density at radius 3 is 2.26 bits per heavy atom. The second kappa shape index (κ2) is 6.72. The molecule has 0 bridgehead atoms. The van der Waals surface area contributed by atoms with Crippen molar-refractivity contribution in [3.63, 3.8) is 0 Å². The first-order valence-electron chi connectivity index (χ1n) is 5.85. The topological polar surface area (TPSA) is 67.4 Å². The predicted octanol–water partition coefficient (Wildman–Crippen LogP) is 2.14. The highest BCUT2D eigenvalue weighted by Crippen LogP contribution is 2.09. The molecule has 104 valence electrons. The first-order valence-corrected chi connectivity index (χ1v) is 5.85. The molecule has 2 amide bonds. The molecule has 0 heterocycles. The van der Waals surface area contributed by atoms with Crippen molar-refractivity contribution in [2.75, 3.05) is 12.4 Å². The maximum Gasteiger partial charge on any atom is 0.328 e. The summed E-state index contributed by atoms with van der Waals surface area (Å²) in [6.07, 6.45) is 0. The molecule has 0 fully saturated rings. The second-order valence-corrected chi connectivity index (χ2v) is 4.35. The van der Waals surface area contributed by atoms with Crippen LogP contribution in [0.25, 0.3) is 0 Å². The Bertz CT molecular complexity index is 446. The fraction of sp³-hybridized carbons (Fsp3) is 0.385. The summed E-state index contributed by atoms with van der Waals surface area (Å²) in [5.41, 5.74) is 0.436. The first kappa shape index (κ1) is 14.9. The van der Waals surface area contributed by atoms with Crippen LogP contribution in [0.5, 0.6) is 0 Å². The van der Waals surface area contributed by atoms with E-state index in [9.17, 15) is 14.0 Å². The minimum atomic E-state index is -0.731. The number of rotatable bonds is 4. The molecular formula is C13H17FN2O3. The molecule has 1 aromatic carbocycles. The van der Waals surface area contributed by atoms with E-state index in [1.165, 1.54) is 31.4 Å². The quantitative estimate of drug-likeness (QED) is 0.822. The SMILES string of the molecule is COC(=O)[C@@H](NC(=O)Nc1ccc(F)cc1)C(C)C. The van der Waals surface area contributed by atoms with Gasteiger partial charge in [0.05, 0.1) is 7.11 Å². The number of methoxy groups -OCH3 is 1. The number of nitrogens with one attached hydrogen (secondary N) is 2. The molecule has 0 spiro atoms. The molecule has 0 saturated carbocycles. The van der Waals surface area contributed by atoms with E-state index in [-0.39, 0.29) is 11.7 Å². The number of benzene rings is 1. The van der Waals surface area contributed by atoms with Crippen LogP contribution in [0.15, 0.2) is 24.3 Å². The zero-order valence-corrected chi connectivity index (χ0v) is 11.1. The van der Waals surface area contributed by atoms with Crippen molar-refractivity contribution in [2.24, 2.45) is 5.92 Å². The summed E-state index contributed by atoms with van der Waals surface area (Å²) in [5, 5.41) is 5.02. The van der Waals surface area contributed by atoms with Crippen LogP contribution in [-0.2, 0) is 9.53 Å². The Morgan fingerprint density at radius 2 is 1.79 bits per heavy atom. The lowest BCUT2D eigenvalue weighted by Gasteiger charge is -2.20. The van der Waals surface area contributed by atoms with Gasteiger partial charge in [0, 0.05) is 5.69 Å². The average Bonchev–Trinajstić information content (AvgIpc) is 2.37. The minimum absolute atomic E-state index is 0.105. The van der Waals surface area contributed by atoms with Crippen molar-refractivity contribution >= 4 is 17.7 Å². The molecule has 5 nitrogen and oxygen atoms in total. The zero-order chi connectivity index (χ0) is 14.4. The van der Waals surface area contributed by atoms with Crippen LogP contribution in [0.2, 0.25) is 0 Å². The Kier molecular flexibility index (Phi) is 5.29. The predicted molar refractivity (Wildman–Crippen MR) is 69.2 cm³/mol. The van der Waals surface area contributed by atoms with Crippen LogP contribution < -0.4 is 10.6 Å². The number of anilines is 1. The Labute approximate surface area is 111 Å². The number of ether oxygens (including phenoxy) is 1. The van der Waals surface area contributed by atoms with E-state index in [0.29, 0.717) is 5.69 Å². The van der Waals surface area contributed by atoms with Crippen LogP contribution in [0, 0.1) is 11.7 Å². The summed E-state index contributed by atoms with van der Waals surface area (Å²) in [6.45, 7) is 3.58. The first-order chi connectivity index (χ1) is 8.93. The maximum absolute atomic E-state index is 12.7. The minimum Gasteiger partial charge on any atom is -0.467 e. The summed E-state index contributed by atoms with van der Waals surface area (Å²) < 4.78 is 17.3. The van der Waals surface area contributed by atoms with E-state index in [0.717, 1.165) is 0 Å². The lowest BCUT2D eigenvalue weighted by Crippen LogP contribution is -2.46. The molecule has 1 atom stereocenters. The van der Waals surface area contributed by atoms with Crippen LogP contribution >= 0.6 is 0 Å². The Balaban J connectivity index is 2.62. The molecule has 0 aliphatic rings. The van der Waals surface area contributed by atoms with Crippen molar-refractivity contribution in [1.82, 2.24) is 5.32 Å². The second-order valence-electron chi connectivity index (χ2n) is 4.35. The lowest BCUT2D eigenvalue weighted by atomic mass is 10.1. The zero-order valence-electron chi connectivity index (χ0n) is 11.1. The third-order valence-electron chi connectivity index (χ3n) is 2.51. The van der Waals surface area contributed by atoms with E-state index in [1.54, 1.807) is 13.8 Å². The van der Waals surface area contributed by atoms with Crippen molar-refractivity contribution in [3.05, 3.63) is 30.1 Å². The highest BCUT2D eigenvalue weighted by atomic mass is 19.1. The van der Waals surface area contributed by atoms with Crippen molar-refractivity contribution in [2.45, 2.75) is 19.9 Å². The molecular weight excluding hydrogens is 251 g/mol. The van der Waals surface area contributed by atoms with E-state index in [2.05, 4.69) is 15.4 Å². The molecule has 0 aliphatic heterocycles. The normalized spacial score (nSPS) is 11.8. The van der Waals surface area contributed by atoms with Gasteiger partial charge in [-0.3, -0.25) is 0 Å². The van der Waals surface area contributed by atoms with Gasteiger partial charge >= 0.3 is 12.0 Å². The Hall–Kier alpha value is -2.11. The molecule has 0 unspecified atom stereocenters. The van der Waals surface area contributed by atoms with E-state index in [4.69, 9.17) is 0 Å². The highest BCUT2D eigenvalue weighted by Gasteiger charge is 2.24. The van der Waals surface area contributed by atoms with E-state index >= 15 is 0 Å². The van der Waals surface area contributed by atoms with Gasteiger partial charge in [-0.15, -0.1) is 0 Å². The van der Waals surface area contributed by atoms with Gasteiger partial charge in [-0.2, -0.15) is 0 Å². The molecule has 0 saturated heterocycles. The van der Waals surface area contributed by atoms with Gasteiger partial charge in [0.1, 0.15) is 11.9 Å². The fourth-order valence-corrected chi connectivity index (χ4v) is 1.47. The van der Waals surface area contributed by atoms with Crippen LogP contribution in [0.3, 0.4) is 0 Å². The van der Waals surface area contributed by atoms with Gasteiger partial charge in [-0.1, -0.05) is 13.8 Å². The number of carbonyl (C=O) groups excluding carboxylic acids is 2. The number of esters is 1. The molecule has 2 N–H and O–H groups in total. The molecule has 6 heteroatoms. The number of carbonyl (C=O) groups is 2. The number of halogens is 1. The summed E-state index contributed by atoms with van der Waals surface area (Å²) >= 11 is 0. The summed E-state index contributed by atoms with van der Waals surface area (Å²) in [5.74, 6) is -1.00. The summed E-state index contributed by atoms with van der Waals surface area (Å²) in [7, 11) is 1.26. The smallest absolute Gasteiger partial charge is 0.328 e. The van der Waals surface area contributed by atoms with Crippen molar-refractivity contribution in [3.8, 4) is 0 Å². The monoisotopic (exact) mass is 268 g/mol. The van der Waals surface area contributed by atoms with Gasteiger partial charge in [0.15, 0.2) is 0 Å². The lowest BCUT2D eigenvalue weighted by molar-refractivity contribution is -0.143. The molecule has 0 radical (unpaired) electrons. The van der Waals surface area contributed by atoms with Gasteiger partial charge in [-0.05, 0) is 30.2 Å². The molecule has 0 aliphatic carbocycles. The Morgan fingerprint density at radius 1 is 1.21 bits per heavy atom. The summed E-state index contributed by atoms with van der Waals surface area (Å²) in [4.78, 5) is 23.2. The fourth-order valence-electron chi connectivity index (χ4n) is 1.47. The molecule has 1 rings (SSSR count). The molecule has 0 aromatic heterocycles. The largest absolute Gasteiger partial charge is 0.467 e. The molecule has 1 aromatic rings. The number of hydrogen-bond acceptors (Lipinski definition) is 3. The van der Waals surface area contributed by atoms with Crippen LogP contribution in [0.1, 0.15) is 13.8 Å². The van der Waals surface area contributed by atoms with Gasteiger partial charge in [0.2, 0.25) is 0 Å². The van der Waals surface area contributed by atoms with Crippen molar-refractivity contribution < 1.29 is 18.7 Å². The molecule has 19 heavy (non-hydrogen) atoms. The van der Waals surface area contributed by atoms with Gasteiger partial charge in [-0.25, -0.2) is 14.0 Å². The third kappa shape index (κ3) is 4.57. The van der Waals surface area contributed by atoms with E-state index in [1.807, 2.05) is 0 Å². The summed E-state index contributed by atoms with van der Waals surface area (Å²) in [6, 6.07) is 4.04. The highest BCUT2D eigenvalue weighted by molar-refractivity contribution is 5.92. The van der Waals surface area contributed by atoms with Crippen molar-refractivity contribution in [1.29, 1.82) is 0 Å². The third-order valence-corrected chi connectivity index (χ3v) is 2.51. The van der Waals surface area contributed by atoms with E-state index < -0.39 is 18.0 Å². The van der Waals surface area contributed by atoms with Crippen LogP contribution in [0.4, 0.5) is 14.9 Å². The van der Waals surface area contributed by atoms with Crippen LogP contribution in [-0.4, -0.2) is 25.2 Å². The van der Waals surface area contributed by atoms with Gasteiger partial charge in [0.25, 0.3) is 0 Å². The number of amides is 2. The maximum atomic E-state index is 12.7.